The monoisotopic (exact) mass is 1780 g/mol. The van der Waals surface area contributed by atoms with Crippen molar-refractivity contribution in [1.29, 1.82) is 0 Å². The normalized spacial score (nSPS) is 52.4. The molecule has 45 saturated carbocycles. The Bertz CT molecular complexity index is 2900. The Labute approximate surface area is 807 Å². The van der Waals surface area contributed by atoms with Crippen LogP contribution in [-0.2, 0) is 0 Å². The Morgan fingerprint density at radius 2 is 0.200 bits per heavy atom. The van der Waals surface area contributed by atoms with Crippen molar-refractivity contribution >= 4 is 0 Å². The average Bonchev–Trinajstić information content (AvgIpc) is 0.624. The van der Waals surface area contributed by atoms with Gasteiger partial charge in [-0.3, -0.25) is 0 Å². The lowest BCUT2D eigenvalue weighted by atomic mass is 9.01. The van der Waals surface area contributed by atoms with Crippen molar-refractivity contribution in [2.24, 2.45) is 260 Å². The van der Waals surface area contributed by atoms with Crippen LogP contribution in [0.15, 0.2) is 0 Å². The fraction of sp³-hybridized carbons (Fsp3) is 1.00. The summed E-state index contributed by atoms with van der Waals surface area (Å²) in [4.78, 5) is 0. The first kappa shape index (κ1) is 93.6. The maximum Gasteiger partial charge on any atom is -0.0312 e. The van der Waals surface area contributed by atoms with E-state index in [0.29, 0.717) is 0 Å². The highest BCUT2D eigenvalue weighted by Crippen LogP contribution is 3.01. The van der Waals surface area contributed by atoms with E-state index >= 15 is 0 Å². The zero-order chi connectivity index (χ0) is 86.2. The van der Waals surface area contributed by atoms with Crippen LogP contribution in [0.3, 0.4) is 0 Å². The predicted octanol–water partition coefficient (Wildman–Crippen LogP) is 39.0. The van der Waals surface area contributed by atoms with E-state index in [2.05, 4.69) is 0 Å². The Hall–Kier alpha value is 0. The summed E-state index contributed by atoms with van der Waals surface area (Å²) in [6, 6.07) is 0. The summed E-state index contributed by atoms with van der Waals surface area (Å²) >= 11 is 0. The van der Waals surface area contributed by atoms with E-state index in [1.165, 1.54) is 280 Å². The lowest BCUT2D eigenvalue weighted by Crippen LogP contribution is -3.00. The number of fused-ring (bicyclic) bond motifs is 19. The number of rotatable bonds is 0. The first-order valence-electron chi connectivity index (χ1n) is 64.2. The van der Waals surface area contributed by atoms with Gasteiger partial charge in [0.2, 0.25) is 0 Å². The third kappa shape index (κ3) is 22.6. The molecule has 0 heteroatoms. The summed E-state index contributed by atoms with van der Waals surface area (Å²) in [5, 5.41) is 0. The molecule has 0 aliphatic heterocycles. The van der Waals surface area contributed by atoms with Crippen LogP contribution in [-0.4, -0.2) is 0 Å². The van der Waals surface area contributed by atoms with Gasteiger partial charge in [0.25, 0.3) is 0 Å². The van der Waals surface area contributed by atoms with Gasteiger partial charge in [-0.2, -0.15) is 0 Å². The first-order valence-corrected chi connectivity index (χ1v) is 64.2. The van der Waals surface area contributed by atoms with Gasteiger partial charge >= 0.3 is 0 Å². The van der Waals surface area contributed by atoms with Crippen LogP contribution < -0.4 is 0 Å². The third-order valence-electron chi connectivity index (χ3n) is 51.3. The van der Waals surface area contributed by atoms with E-state index in [0.717, 1.165) is 76.9 Å². The highest BCUT2D eigenvalue weighted by Gasteiger charge is 2.97. The van der Waals surface area contributed by atoms with Crippen molar-refractivity contribution in [2.45, 2.75) is 552 Å². The van der Waals surface area contributed by atoms with Crippen molar-refractivity contribution < 1.29 is 0 Å². The van der Waals surface area contributed by atoms with Gasteiger partial charge in [0.05, 0.1) is 0 Å². The van der Waals surface area contributed by atoms with Gasteiger partial charge in [0.15, 0.2) is 0 Å². The molecule has 0 heterocycles. The van der Waals surface area contributed by atoms with Crippen LogP contribution in [0.4, 0.5) is 0 Å². The molecule has 0 aromatic rings. The van der Waals surface area contributed by atoms with Crippen LogP contribution >= 0.6 is 0 Å². The van der Waals surface area contributed by atoms with E-state index < -0.39 is 0 Å². The molecule has 0 saturated heterocycles. The molecule has 0 N–H and O–H groups in total. The predicted molar refractivity (Wildman–Crippen MR) is 551 cm³/mol. The van der Waals surface area contributed by atoms with E-state index in [-0.39, 0.29) is 0 Å². The van der Waals surface area contributed by atoms with Crippen molar-refractivity contribution in [3.63, 3.8) is 0 Å². The molecular weight excluding hydrogens is 1560 g/mol. The smallest absolute Gasteiger partial charge is 0.0312 e. The molecule has 45 aliphatic rings. The molecule has 130 heavy (non-hydrogen) atoms. The molecule has 0 aromatic heterocycles. The molecule has 0 radical (unpaired) electrons. The van der Waals surface area contributed by atoms with Crippen LogP contribution in [0.25, 0.3) is 0 Å². The number of hydrogen-bond donors (Lipinski definition) is 0. The van der Waals surface area contributed by atoms with Crippen LogP contribution in [0, 0.1) is 260 Å². The lowest BCUT2D eigenvalue weighted by molar-refractivity contribution is -0.565. The maximum atomic E-state index is 1.61. The highest BCUT2D eigenvalue weighted by atomic mass is 15.0. The lowest BCUT2D eigenvalue weighted by Gasteiger charge is -3.03. The van der Waals surface area contributed by atoms with Gasteiger partial charge < -0.3 is 0 Å². The largest absolute Gasteiger partial charge is 0.0530 e. The summed E-state index contributed by atoms with van der Waals surface area (Å²) in [5.41, 5.74) is 0. The summed E-state index contributed by atoms with van der Waals surface area (Å²) in [7, 11) is 0. The molecule has 6 atom stereocenters. The Morgan fingerprint density at radius 1 is 0.0692 bits per heavy atom. The Morgan fingerprint density at radius 3 is 0.392 bits per heavy atom. The third-order valence-corrected chi connectivity index (χ3v) is 51.3. The minimum atomic E-state index is 1.15. The molecule has 0 amide bonds. The van der Waals surface area contributed by atoms with Crippen LogP contribution in [0.1, 0.15) is 552 Å². The van der Waals surface area contributed by atoms with Crippen molar-refractivity contribution in [3.05, 3.63) is 0 Å². The molecular formula is C130H216. The minimum Gasteiger partial charge on any atom is -0.0530 e. The quantitative estimate of drug-likeness (QED) is 0.227. The van der Waals surface area contributed by atoms with Crippen LogP contribution in [0.5, 0.6) is 0 Å². The molecule has 0 aromatic carbocycles. The van der Waals surface area contributed by atoms with Crippen molar-refractivity contribution in [1.82, 2.24) is 0 Å². The number of hydrogen-bond acceptors (Lipinski definition) is 0. The SMILES string of the molecule is C12C3C4C1C1C2C3C41.C1C2CC3CC1CC(C2)C3.C1C2CC3CC1CC3C2.C1CC2CC(C1)C2.C1CC2CC1C2.C1CC2CC3CC1CC(C2)C3.C1CC2CC3CCC2C(C1)C3.C1CC2CCC(C1)C2.C1CC2CCC1C2.C1CC2CCC1CC2.C1CC2CCCC(C1)C2.C1CC2CCCC(C1)C2.C1CC2CCCC2C1.C1CCC2CCCC2C1.C1CCC2CCCCC2C1. The first-order chi connectivity index (χ1) is 64.2. The zero-order valence-electron chi connectivity index (χ0n) is 86.2. The summed E-state index contributed by atoms with van der Waals surface area (Å²) < 4.78 is 0. The fourth-order valence-electron chi connectivity index (χ4n) is 45.2. The van der Waals surface area contributed by atoms with Gasteiger partial charge in [0.1, 0.15) is 0 Å². The van der Waals surface area contributed by atoms with E-state index in [1.807, 2.05) is 0 Å². The Kier molecular flexibility index (Phi) is 32.0. The van der Waals surface area contributed by atoms with Gasteiger partial charge in [-0.1, -0.05) is 379 Å². The maximum absolute atomic E-state index is 1.61. The summed E-state index contributed by atoms with van der Waals surface area (Å²) in [5.74, 6) is 52.8. The molecule has 45 fully saturated rings. The van der Waals surface area contributed by atoms with E-state index in [4.69, 9.17) is 0 Å². The molecule has 736 valence electrons. The fourth-order valence-corrected chi connectivity index (χ4v) is 45.2. The molecule has 0 spiro atoms. The topological polar surface area (TPSA) is 0 Å². The second kappa shape index (κ2) is 44.5. The molecule has 45 rings (SSSR count). The van der Waals surface area contributed by atoms with Gasteiger partial charge in [-0.25, -0.2) is 0 Å². The van der Waals surface area contributed by atoms with Gasteiger partial charge in [-0.15, -0.1) is 0 Å². The molecule has 6 unspecified atom stereocenters. The van der Waals surface area contributed by atoms with E-state index in [1.54, 1.807) is 456 Å². The average molecular weight is 1780 g/mol. The highest BCUT2D eigenvalue weighted by molar-refractivity contribution is 5.44. The van der Waals surface area contributed by atoms with E-state index in [9.17, 15) is 0 Å². The minimum absolute atomic E-state index is 1.15. The summed E-state index contributed by atoms with van der Waals surface area (Å²) in [6.07, 6.45) is 135. The van der Waals surface area contributed by atoms with Crippen LogP contribution in [0.2, 0.25) is 0 Å². The Balaban J connectivity index is 0.0000000795. The second-order valence-electron chi connectivity index (χ2n) is 59.0. The molecule has 30 bridgehead atoms. The van der Waals surface area contributed by atoms with Gasteiger partial charge in [0, 0.05) is 0 Å². The molecule has 45 aliphatic carbocycles. The summed E-state index contributed by atoms with van der Waals surface area (Å²) in [6.45, 7) is 0. The van der Waals surface area contributed by atoms with Crippen molar-refractivity contribution in [2.75, 3.05) is 0 Å². The van der Waals surface area contributed by atoms with Crippen molar-refractivity contribution in [3.8, 4) is 0 Å². The zero-order valence-corrected chi connectivity index (χ0v) is 86.2. The standard InChI is InChI=1S/2C11H18.C10H16.C10H18.C9H14.3C9H16.C8H8.3C8H14.2C7H12.C6H10/c1-2-9-5-10-3-8(1)4-11(6-9)7-10;1-2-9-6-8-4-5-11(9)10(3-1)7-8;1-7-2-9-4-8(1)5-10(3-7)6-9;1-2-6-10-8-4-3-7-9(10)5-1;1-6-2-8-4-7(1)5-9(8)3-6;2*1-3-8-5-2-6-9(4-1)7-8;1-2-5-9-7-3-6-8(9)4-1;1-2-5-3(1)7-4(1)6(2)8(5)7;1-3-7-5-2-6-8(7)4-1;1-2-8-5-3-7(1)4-6-8;1-2-7-4-5-8(3-1)6-7;1-2-7-4-3-6(1)5-7;1-2-6-4-7(3-1)5-6;1-2-6-3-5(1)4-6/h2*8-11H,1-7H2;7-10H,1-6H2;9-10H,1-8H2;6-9H,1-5H2;3*8-9H,1-7H2;1-8H;3*7-8H,1-6H2;2*6-7H,1-5H2;5-6H,1-4H2. The second-order valence-corrected chi connectivity index (χ2v) is 59.0. The molecule has 0 nitrogen and oxygen atoms in total. The van der Waals surface area contributed by atoms with Gasteiger partial charge in [-0.05, 0) is 434 Å².